The normalized spacial score (nSPS) is 12.7. The third kappa shape index (κ3) is 3.76. The van der Waals surface area contributed by atoms with E-state index in [1.807, 2.05) is 0 Å². The lowest BCUT2D eigenvalue weighted by atomic mass is 10.1. The number of anilines is 1. The lowest BCUT2D eigenvalue weighted by Crippen LogP contribution is -2.21. The molecule has 9 heteroatoms. The van der Waals surface area contributed by atoms with Gasteiger partial charge in [0.25, 0.3) is 5.91 Å². The zero-order valence-electron chi connectivity index (χ0n) is 13.8. The van der Waals surface area contributed by atoms with Gasteiger partial charge in [0.05, 0.1) is 12.7 Å². The Morgan fingerprint density at radius 2 is 1.85 bits per heavy atom. The van der Waals surface area contributed by atoms with Gasteiger partial charge in [0, 0.05) is 11.8 Å². The van der Waals surface area contributed by atoms with Crippen LogP contribution in [0.25, 0.3) is 0 Å². The molecule has 6 nitrogen and oxygen atoms in total. The molecule has 1 N–H and O–H groups in total. The van der Waals surface area contributed by atoms with Crippen molar-refractivity contribution in [3.63, 3.8) is 0 Å². The fourth-order valence-electron chi connectivity index (χ4n) is 2.40. The van der Waals surface area contributed by atoms with E-state index in [1.54, 1.807) is 19.1 Å². The van der Waals surface area contributed by atoms with Gasteiger partial charge in [-0.15, -0.1) is 13.2 Å². The van der Waals surface area contributed by atoms with Crippen LogP contribution in [0, 0.1) is 6.92 Å². The summed E-state index contributed by atoms with van der Waals surface area (Å²) >= 11 is 0. The number of nitrogens with one attached hydrogen (secondary N) is 1. The van der Waals surface area contributed by atoms with Crippen molar-refractivity contribution in [2.45, 2.75) is 13.3 Å². The number of carbonyl (C=O) groups excluding carboxylic acids is 1. The van der Waals surface area contributed by atoms with Crippen molar-refractivity contribution in [3.8, 4) is 23.0 Å². The Hall–Kier alpha value is -3.10. The lowest BCUT2D eigenvalue weighted by Gasteiger charge is -2.15. The zero-order valence-corrected chi connectivity index (χ0v) is 13.8. The Labute approximate surface area is 146 Å². The van der Waals surface area contributed by atoms with Gasteiger partial charge >= 0.3 is 6.36 Å². The maximum Gasteiger partial charge on any atom is 0.573 e. The molecule has 0 aromatic heterocycles. The second kappa shape index (κ2) is 6.66. The van der Waals surface area contributed by atoms with E-state index in [2.05, 4.69) is 10.1 Å². The van der Waals surface area contributed by atoms with Crippen molar-refractivity contribution in [2.75, 3.05) is 19.2 Å². The van der Waals surface area contributed by atoms with E-state index in [4.69, 9.17) is 14.2 Å². The highest BCUT2D eigenvalue weighted by atomic mass is 19.4. The van der Waals surface area contributed by atoms with Gasteiger partial charge in [-0.3, -0.25) is 4.79 Å². The highest BCUT2D eigenvalue weighted by molar-refractivity contribution is 6.07. The fraction of sp³-hybridized carbons (Fsp3) is 0.235. The quantitative estimate of drug-likeness (QED) is 0.886. The minimum Gasteiger partial charge on any atom is -0.497 e. The molecule has 0 unspecified atom stereocenters. The summed E-state index contributed by atoms with van der Waals surface area (Å²) in [5.74, 6) is -0.238. The number of aryl methyl sites for hydroxylation is 1. The minimum atomic E-state index is -4.93. The van der Waals surface area contributed by atoms with Gasteiger partial charge in [-0.25, -0.2) is 0 Å². The summed E-state index contributed by atoms with van der Waals surface area (Å²) in [7, 11) is 1.34. The largest absolute Gasteiger partial charge is 0.573 e. The number of ether oxygens (including phenoxy) is 4. The molecule has 2 aromatic carbocycles. The summed E-state index contributed by atoms with van der Waals surface area (Å²) in [6, 6.07) is 6.66. The molecule has 1 aliphatic rings. The first-order valence-electron chi connectivity index (χ1n) is 7.42. The summed E-state index contributed by atoms with van der Waals surface area (Å²) in [4.78, 5) is 12.6. The van der Waals surface area contributed by atoms with E-state index < -0.39 is 18.0 Å². The summed E-state index contributed by atoms with van der Waals surface area (Å²) in [6.07, 6.45) is -4.93. The first-order valence-corrected chi connectivity index (χ1v) is 7.42. The third-order valence-electron chi connectivity index (χ3n) is 3.62. The molecule has 0 radical (unpaired) electrons. The molecule has 1 heterocycles. The summed E-state index contributed by atoms with van der Waals surface area (Å²) in [5.41, 5.74) is 0.711. The SMILES string of the molecule is COc1ccc(OC(F)(F)F)c(C(=O)Nc2cc3c(cc2C)OCO3)c1. The van der Waals surface area contributed by atoms with Crippen LogP contribution in [0.3, 0.4) is 0 Å². The van der Waals surface area contributed by atoms with Crippen LogP contribution in [-0.4, -0.2) is 26.2 Å². The molecular formula is C17H14F3NO5. The predicted molar refractivity (Wildman–Crippen MR) is 84.9 cm³/mol. The van der Waals surface area contributed by atoms with Gasteiger partial charge in [0.15, 0.2) is 11.5 Å². The molecule has 1 aliphatic heterocycles. The van der Waals surface area contributed by atoms with Crippen molar-refractivity contribution in [2.24, 2.45) is 0 Å². The monoisotopic (exact) mass is 369 g/mol. The van der Waals surface area contributed by atoms with Crippen molar-refractivity contribution in [3.05, 3.63) is 41.5 Å². The first-order chi connectivity index (χ1) is 12.3. The predicted octanol–water partition coefficient (Wildman–Crippen LogP) is 3.88. The number of rotatable bonds is 4. The van der Waals surface area contributed by atoms with E-state index >= 15 is 0 Å². The van der Waals surface area contributed by atoms with Crippen LogP contribution in [-0.2, 0) is 0 Å². The molecule has 26 heavy (non-hydrogen) atoms. The second-order valence-corrected chi connectivity index (χ2v) is 5.38. The molecule has 0 fully saturated rings. The molecule has 1 amide bonds. The number of methoxy groups -OCH3 is 1. The van der Waals surface area contributed by atoms with Crippen LogP contribution in [0.5, 0.6) is 23.0 Å². The van der Waals surface area contributed by atoms with Crippen LogP contribution < -0.4 is 24.3 Å². The van der Waals surface area contributed by atoms with Crippen LogP contribution in [0.2, 0.25) is 0 Å². The highest BCUT2D eigenvalue weighted by Gasteiger charge is 2.33. The number of carbonyl (C=O) groups is 1. The van der Waals surface area contributed by atoms with Crippen molar-refractivity contribution in [1.29, 1.82) is 0 Å². The maximum absolute atomic E-state index is 12.6. The number of alkyl halides is 3. The molecule has 0 aliphatic carbocycles. The number of amides is 1. The number of hydrogen-bond acceptors (Lipinski definition) is 5. The third-order valence-corrected chi connectivity index (χ3v) is 3.62. The van der Waals surface area contributed by atoms with Crippen molar-refractivity contribution < 1.29 is 36.9 Å². The lowest BCUT2D eigenvalue weighted by molar-refractivity contribution is -0.274. The highest BCUT2D eigenvalue weighted by Crippen LogP contribution is 2.37. The molecule has 0 saturated heterocycles. The molecule has 0 spiro atoms. The van der Waals surface area contributed by atoms with E-state index in [0.29, 0.717) is 22.7 Å². The second-order valence-electron chi connectivity index (χ2n) is 5.38. The fourth-order valence-corrected chi connectivity index (χ4v) is 2.40. The maximum atomic E-state index is 12.6. The molecule has 0 saturated carbocycles. The summed E-state index contributed by atoms with van der Waals surface area (Å²) in [6.45, 7) is 1.78. The van der Waals surface area contributed by atoms with E-state index in [0.717, 1.165) is 6.07 Å². The van der Waals surface area contributed by atoms with Gasteiger partial charge in [0.1, 0.15) is 11.5 Å². The Kier molecular flexibility index (Phi) is 4.54. The topological polar surface area (TPSA) is 66.0 Å². The summed E-state index contributed by atoms with van der Waals surface area (Å²) < 4.78 is 57.2. The number of fused-ring (bicyclic) bond motifs is 1. The van der Waals surface area contributed by atoms with Crippen molar-refractivity contribution >= 4 is 11.6 Å². The van der Waals surface area contributed by atoms with Crippen LogP contribution >= 0.6 is 0 Å². The summed E-state index contributed by atoms with van der Waals surface area (Å²) in [5, 5.41) is 2.56. The van der Waals surface area contributed by atoms with Gasteiger partial charge in [-0.05, 0) is 36.8 Å². The number of benzene rings is 2. The van der Waals surface area contributed by atoms with E-state index in [1.165, 1.54) is 19.2 Å². The van der Waals surface area contributed by atoms with Gasteiger partial charge in [0.2, 0.25) is 6.79 Å². The van der Waals surface area contributed by atoms with E-state index in [-0.39, 0.29) is 18.1 Å². The average molecular weight is 369 g/mol. The van der Waals surface area contributed by atoms with Crippen molar-refractivity contribution in [1.82, 2.24) is 0 Å². The number of halogens is 3. The molecule has 2 aromatic rings. The van der Waals surface area contributed by atoms with Crippen LogP contribution in [0.15, 0.2) is 30.3 Å². The molecular weight excluding hydrogens is 355 g/mol. The molecule has 0 atom stereocenters. The zero-order chi connectivity index (χ0) is 18.9. The standard InChI is InChI=1S/C17H14F3NO5/c1-9-5-14-15(25-8-24-14)7-12(9)21-16(22)11-6-10(23-2)3-4-13(11)26-17(18,19)20/h3-7H,8H2,1-2H3,(H,21,22). The molecule has 3 rings (SSSR count). The average Bonchev–Trinajstić information content (AvgIpc) is 3.01. The molecule has 0 bridgehead atoms. The minimum absolute atomic E-state index is 0.0611. The van der Waals surface area contributed by atoms with Crippen LogP contribution in [0.4, 0.5) is 18.9 Å². The van der Waals surface area contributed by atoms with Gasteiger partial charge in [-0.2, -0.15) is 0 Å². The first kappa shape index (κ1) is 17.7. The Morgan fingerprint density at radius 3 is 2.50 bits per heavy atom. The Bertz CT molecular complexity index is 851. The van der Waals surface area contributed by atoms with Gasteiger partial charge < -0.3 is 24.3 Å². The van der Waals surface area contributed by atoms with Crippen LogP contribution in [0.1, 0.15) is 15.9 Å². The number of hydrogen-bond donors (Lipinski definition) is 1. The smallest absolute Gasteiger partial charge is 0.497 e. The van der Waals surface area contributed by atoms with Gasteiger partial charge in [-0.1, -0.05) is 0 Å². The Balaban J connectivity index is 1.92. The molecule has 138 valence electrons. The van der Waals surface area contributed by atoms with E-state index in [9.17, 15) is 18.0 Å². The Morgan fingerprint density at radius 1 is 1.15 bits per heavy atom.